The number of ether oxygens (including phenoxy) is 3. The van der Waals surface area contributed by atoms with Crippen LogP contribution in [0.5, 0.6) is 5.75 Å². The Bertz CT molecular complexity index is 438. The first-order chi connectivity index (χ1) is 9.20. The molecule has 1 fully saturated rings. The standard InChI is InChI=1S/C15H20O4/c1-3-19-13-6-4-5-12(9-13)15(10-18-11-15)8-7-14(16)17-2/h4-6,9H,3,7-8,10-11H2,1-2H3. The fraction of sp³-hybridized carbons (Fsp3) is 0.533. The lowest BCUT2D eigenvalue weighted by Gasteiger charge is -2.42. The molecule has 1 aromatic rings. The van der Waals surface area contributed by atoms with E-state index in [9.17, 15) is 4.79 Å². The predicted molar refractivity (Wildman–Crippen MR) is 71.4 cm³/mol. The lowest BCUT2D eigenvalue weighted by Crippen LogP contribution is -2.47. The molecule has 1 heterocycles. The zero-order valence-corrected chi connectivity index (χ0v) is 11.5. The van der Waals surface area contributed by atoms with E-state index in [0.29, 0.717) is 26.2 Å². The van der Waals surface area contributed by atoms with Crippen LogP contribution < -0.4 is 4.74 Å². The van der Waals surface area contributed by atoms with E-state index in [1.165, 1.54) is 12.7 Å². The average molecular weight is 264 g/mol. The number of hydrogen-bond donors (Lipinski definition) is 0. The van der Waals surface area contributed by atoms with Gasteiger partial charge in [-0.2, -0.15) is 0 Å². The third-order valence-corrected chi connectivity index (χ3v) is 3.55. The van der Waals surface area contributed by atoms with Crippen molar-refractivity contribution < 1.29 is 19.0 Å². The van der Waals surface area contributed by atoms with Crippen LogP contribution in [-0.2, 0) is 19.7 Å². The predicted octanol–water partition coefficient (Wildman–Crippen LogP) is 2.31. The number of methoxy groups -OCH3 is 1. The van der Waals surface area contributed by atoms with E-state index in [2.05, 4.69) is 6.07 Å². The fourth-order valence-corrected chi connectivity index (χ4v) is 2.33. The van der Waals surface area contributed by atoms with Gasteiger partial charge in [0.2, 0.25) is 0 Å². The normalized spacial score (nSPS) is 16.5. The molecule has 104 valence electrons. The molecule has 0 radical (unpaired) electrons. The Morgan fingerprint density at radius 1 is 1.42 bits per heavy atom. The topological polar surface area (TPSA) is 44.8 Å². The van der Waals surface area contributed by atoms with Crippen LogP contribution in [0.4, 0.5) is 0 Å². The average Bonchev–Trinajstić information content (AvgIpc) is 2.38. The second kappa shape index (κ2) is 6.06. The Morgan fingerprint density at radius 2 is 2.21 bits per heavy atom. The monoisotopic (exact) mass is 264 g/mol. The number of rotatable bonds is 6. The summed E-state index contributed by atoms with van der Waals surface area (Å²) in [6, 6.07) is 8.05. The summed E-state index contributed by atoms with van der Waals surface area (Å²) in [5.74, 6) is 0.691. The summed E-state index contributed by atoms with van der Waals surface area (Å²) in [5.41, 5.74) is 1.11. The van der Waals surface area contributed by atoms with E-state index < -0.39 is 0 Å². The molecule has 0 atom stereocenters. The summed E-state index contributed by atoms with van der Waals surface area (Å²) in [6.07, 6.45) is 1.16. The number of carbonyl (C=O) groups is 1. The minimum atomic E-state index is -0.174. The molecule has 0 saturated carbocycles. The van der Waals surface area contributed by atoms with Gasteiger partial charge in [-0.3, -0.25) is 4.79 Å². The smallest absolute Gasteiger partial charge is 0.305 e. The van der Waals surface area contributed by atoms with Crippen molar-refractivity contribution in [1.29, 1.82) is 0 Å². The van der Waals surface area contributed by atoms with Gasteiger partial charge in [0.25, 0.3) is 0 Å². The molecule has 1 aliphatic rings. The molecule has 1 aromatic carbocycles. The number of benzene rings is 1. The molecule has 1 saturated heterocycles. The van der Waals surface area contributed by atoms with Gasteiger partial charge in [-0.1, -0.05) is 12.1 Å². The largest absolute Gasteiger partial charge is 0.494 e. The molecular weight excluding hydrogens is 244 g/mol. The van der Waals surface area contributed by atoms with Crippen molar-refractivity contribution >= 4 is 5.97 Å². The van der Waals surface area contributed by atoms with Crippen LogP contribution in [0.3, 0.4) is 0 Å². The van der Waals surface area contributed by atoms with Crippen molar-refractivity contribution in [3.63, 3.8) is 0 Å². The molecule has 1 aliphatic heterocycles. The fourth-order valence-electron chi connectivity index (χ4n) is 2.33. The first kappa shape index (κ1) is 13.9. The van der Waals surface area contributed by atoms with Crippen LogP contribution in [-0.4, -0.2) is 32.9 Å². The Kier molecular flexibility index (Phi) is 4.43. The van der Waals surface area contributed by atoms with Gasteiger partial charge in [0, 0.05) is 11.8 Å². The van der Waals surface area contributed by atoms with Gasteiger partial charge < -0.3 is 14.2 Å². The van der Waals surface area contributed by atoms with E-state index in [0.717, 1.165) is 12.2 Å². The molecule has 19 heavy (non-hydrogen) atoms. The highest BCUT2D eigenvalue weighted by Gasteiger charge is 2.40. The van der Waals surface area contributed by atoms with E-state index >= 15 is 0 Å². The highest BCUT2D eigenvalue weighted by molar-refractivity contribution is 5.69. The van der Waals surface area contributed by atoms with Crippen LogP contribution in [0.1, 0.15) is 25.3 Å². The van der Waals surface area contributed by atoms with Crippen LogP contribution in [0.25, 0.3) is 0 Å². The molecule has 4 nitrogen and oxygen atoms in total. The lowest BCUT2D eigenvalue weighted by atomic mass is 9.75. The number of esters is 1. The maximum Gasteiger partial charge on any atom is 0.305 e. The van der Waals surface area contributed by atoms with Gasteiger partial charge in [0.15, 0.2) is 0 Å². The second-order valence-electron chi connectivity index (χ2n) is 4.81. The van der Waals surface area contributed by atoms with E-state index in [1.807, 2.05) is 25.1 Å². The summed E-state index contributed by atoms with van der Waals surface area (Å²) in [6.45, 7) is 3.92. The third kappa shape index (κ3) is 3.07. The van der Waals surface area contributed by atoms with Gasteiger partial charge in [-0.15, -0.1) is 0 Å². The molecule has 4 heteroatoms. The zero-order valence-electron chi connectivity index (χ0n) is 11.5. The highest BCUT2D eigenvalue weighted by Crippen LogP contribution is 2.38. The van der Waals surface area contributed by atoms with Crippen molar-refractivity contribution in [3.05, 3.63) is 29.8 Å². The SMILES string of the molecule is CCOc1cccc(C2(CCC(=O)OC)COC2)c1. The van der Waals surface area contributed by atoms with Gasteiger partial charge in [0.1, 0.15) is 5.75 Å². The number of hydrogen-bond acceptors (Lipinski definition) is 4. The van der Waals surface area contributed by atoms with Crippen LogP contribution in [0.15, 0.2) is 24.3 Å². The summed E-state index contributed by atoms with van der Waals surface area (Å²) >= 11 is 0. The third-order valence-electron chi connectivity index (χ3n) is 3.55. The summed E-state index contributed by atoms with van der Waals surface area (Å²) in [4.78, 5) is 11.3. The van der Waals surface area contributed by atoms with E-state index in [-0.39, 0.29) is 11.4 Å². The summed E-state index contributed by atoms with van der Waals surface area (Å²) in [7, 11) is 1.42. The van der Waals surface area contributed by atoms with Crippen molar-refractivity contribution in [1.82, 2.24) is 0 Å². The molecule has 0 spiro atoms. The Labute approximate surface area is 113 Å². The van der Waals surface area contributed by atoms with Crippen LogP contribution in [0, 0.1) is 0 Å². The summed E-state index contributed by atoms with van der Waals surface area (Å²) < 4.78 is 15.6. The van der Waals surface area contributed by atoms with Crippen LogP contribution in [0.2, 0.25) is 0 Å². The molecule has 0 bridgehead atoms. The molecule has 0 N–H and O–H groups in total. The van der Waals surface area contributed by atoms with Crippen molar-refractivity contribution in [3.8, 4) is 5.75 Å². The second-order valence-corrected chi connectivity index (χ2v) is 4.81. The molecular formula is C15H20O4. The van der Waals surface area contributed by atoms with Crippen molar-refractivity contribution in [2.75, 3.05) is 26.9 Å². The highest BCUT2D eigenvalue weighted by atomic mass is 16.5. The molecule has 0 aromatic heterocycles. The van der Waals surface area contributed by atoms with E-state index in [1.54, 1.807) is 0 Å². The molecule has 0 aliphatic carbocycles. The zero-order chi connectivity index (χ0) is 13.7. The van der Waals surface area contributed by atoms with Crippen molar-refractivity contribution in [2.45, 2.75) is 25.2 Å². The first-order valence-electron chi connectivity index (χ1n) is 6.58. The first-order valence-corrected chi connectivity index (χ1v) is 6.58. The maximum atomic E-state index is 11.3. The van der Waals surface area contributed by atoms with Crippen LogP contribution >= 0.6 is 0 Å². The van der Waals surface area contributed by atoms with Gasteiger partial charge in [-0.05, 0) is 31.0 Å². The maximum absolute atomic E-state index is 11.3. The summed E-state index contributed by atoms with van der Waals surface area (Å²) in [5, 5.41) is 0. The Balaban J connectivity index is 2.11. The molecule has 2 rings (SSSR count). The van der Waals surface area contributed by atoms with Crippen molar-refractivity contribution in [2.24, 2.45) is 0 Å². The van der Waals surface area contributed by atoms with E-state index in [4.69, 9.17) is 14.2 Å². The minimum absolute atomic E-state index is 0.0682. The lowest BCUT2D eigenvalue weighted by molar-refractivity contribution is -0.142. The Hall–Kier alpha value is -1.55. The van der Waals surface area contributed by atoms with Gasteiger partial charge in [-0.25, -0.2) is 0 Å². The van der Waals surface area contributed by atoms with Gasteiger partial charge >= 0.3 is 5.97 Å². The number of carbonyl (C=O) groups excluding carboxylic acids is 1. The Morgan fingerprint density at radius 3 is 2.79 bits per heavy atom. The minimum Gasteiger partial charge on any atom is -0.494 e. The van der Waals surface area contributed by atoms with Gasteiger partial charge in [0.05, 0.1) is 26.9 Å². The molecule has 0 amide bonds. The molecule has 0 unspecified atom stereocenters. The quantitative estimate of drug-likeness (QED) is 0.740.